The summed E-state index contributed by atoms with van der Waals surface area (Å²) in [7, 11) is 1.35. The van der Waals surface area contributed by atoms with Gasteiger partial charge in [0.25, 0.3) is 0 Å². The molecule has 0 saturated heterocycles. The first-order valence-electron chi connectivity index (χ1n) is 7.59. The number of methoxy groups -OCH3 is 1. The summed E-state index contributed by atoms with van der Waals surface area (Å²) < 4.78 is 34.7. The number of alkyl halides is 2. The molecular weight excluding hydrogens is 328 g/mol. The summed E-state index contributed by atoms with van der Waals surface area (Å²) >= 11 is 0. The third-order valence-electron chi connectivity index (χ3n) is 3.62. The fourth-order valence-electron chi connectivity index (χ4n) is 2.21. The van der Waals surface area contributed by atoms with Gasteiger partial charge in [-0.25, -0.2) is 0 Å². The predicted molar refractivity (Wildman–Crippen MR) is 93.2 cm³/mol. The van der Waals surface area contributed by atoms with E-state index in [0.29, 0.717) is 11.3 Å². The van der Waals surface area contributed by atoms with Crippen LogP contribution in [0.25, 0.3) is 6.08 Å². The quantitative estimate of drug-likeness (QED) is 0.779. The van der Waals surface area contributed by atoms with Gasteiger partial charge in [0.15, 0.2) is 11.5 Å². The Morgan fingerprint density at radius 1 is 1.16 bits per heavy atom. The standard InChI is InChI=1S/C19H19F2NO3/c1-12-7-9-15(11-13(12)2)22-17(23)10-8-14-5-4-6-16(24-3)18(14)25-19(20)21/h4-11,19H,1-3H3,(H,22,23)/b10-8+. The van der Waals surface area contributed by atoms with E-state index in [2.05, 4.69) is 10.1 Å². The van der Waals surface area contributed by atoms with Gasteiger partial charge in [-0.05, 0) is 49.2 Å². The molecule has 0 unspecified atom stereocenters. The van der Waals surface area contributed by atoms with Crippen molar-refractivity contribution < 1.29 is 23.0 Å². The minimum atomic E-state index is -2.99. The summed E-state index contributed by atoms with van der Waals surface area (Å²) in [5.74, 6) is -0.332. The van der Waals surface area contributed by atoms with E-state index in [0.717, 1.165) is 11.1 Å². The second-order valence-corrected chi connectivity index (χ2v) is 5.38. The average Bonchev–Trinajstić information content (AvgIpc) is 2.56. The SMILES string of the molecule is COc1cccc(/C=C/C(=O)Nc2ccc(C)c(C)c2)c1OC(F)F. The number of para-hydroxylation sites is 1. The van der Waals surface area contributed by atoms with E-state index < -0.39 is 6.61 Å². The number of halogens is 2. The number of anilines is 1. The van der Waals surface area contributed by atoms with Crippen molar-refractivity contribution in [3.05, 3.63) is 59.2 Å². The van der Waals surface area contributed by atoms with Gasteiger partial charge in [0.1, 0.15) is 0 Å². The highest BCUT2D eigenvalue weighted by Crippen LogP contribution is 2.33. The summed E-state index contributed by atoms with van der Waals surface area (Å²) in [6.07, 6.45) is 2.65. The van der Waals surface area contributed by atoms with Crippen molar-refractivity contribution in [2.24, 2.45) is 0 Å². The summed E-state index contributed by atoms with van der Waals surface area (Å²) in [5.41, 5.74) is 3.16. The van der Waals surface area contributed by atoms with Crippen LogP contribution in [0, 0.1) is 13.8 Å². The van der Waals surface area contributed by atoms with Crippen LogP contribution in [0.1, 0.15) is 16.7 Å². The fourth-order valence-corrected chi connectivity index (χ4v) is 2.21. The molecule has 0 heterocycles. The molecule has 0 spiro atoms. The van der Waals surface area contributed by atoms with Crippen LogP contribution in [0.5, 0.6) is 11.5 Å². The van der Waals surface area contributed by atoms with Gasteiger partial charge in [0.05, 0.1) is 7.11 Å². The molecule has 25 heavy (non-hydrogen) atoms. The van der Waals surface area contributed by atoms with Crippen LogP contribution in [-0.2, 0) is 4.79 Å². The molecular formula is C19H19F2NO3. The lowest BCUT2D eigenvalue weighted by Crippen LogP contribution is -2.08. The Morgan fingerprint density at radius 2 is 1.92 bits per heavy atom. The third-order valence-corrected chi connectivity index (χ3v) is 3.62. The topological polar surface area (TPSA) is 47.6 Å². The fraction of sp³-hybridized carbons (Fsp3) is 0.211. The number of benzene rings is 2. The Kier molecular flexibility index (Phi) is 6.11. The summed E-state index contributed by atoms with van der Waals surface area (Å²) in [6, 6.07) is 10.2. The van der Waals surface area contributed by atoms with E-state index in [4.69, 9.17) is 4.74 Å². The van der Waals surface area contributed by atoms with Gasteiger partial charge in [-0.2, -0.15) is 8.78 Å². The van der Waals surface area contributed by atoms with E-state index in [1.165, 1.54) is 25.3 Å². The van der Waals surface area contributed by atoms with Crippen LogP contribution in [-0.4, -0.2) is 19.6 Å². The van der Waals surface area contributed by atoms with Crippen molar-refractivity contribution in [2.75, 3.05) is 12.4 Å². The number of aryl methyl sites for hydroxylation is 2. The summed E-state index contributed by atoms with van der Waals surface area (Å²) in [6.45, 7) is 0.937. The van der Waals surface area contributed by atoms with Crippen molar-refractivity contribution in [2.45, 2.75) is 20.5 Å². The zero-order valence-electron chi connectivity index (χ0n) is 14.2. The highest BCUT2D eigenvalue weighted by Gasteiger charge is 2.14. The van der Waals surface area contributed by atoms with Crippen LogP contribution in [0.2, 0.25) is 0 Å². The van der Waals surface area contributed by atoms with E-state index in [-0.39, 0.29) is 17.4 Å². The van der Waals surface area contributed by atoms with Crippen LogP contribution >= 0.6 is 0 Å². The molecule has 0 fully saturated rings. The molecule has 0 aliphatic heterocycles. The van der Waals surface area contributed by atoms with Gasteiger partial charge < -0.3 is 14.8 Å². The lowest BCUT2D eigenvalue weighted by molar-refractivity contribution is -0.111. The Hall–Kier alpha value is -2.89. The minimum Gasteiger partial charge on any atom is -0.493 e. The van der Waals surface area contributed by atoms with Gasteiger partial charge in [0.2, 0.25) is 5.91 Å². The molecule has 0 atom stereocenters. The monoisotopic (exact) mass is 347 g/mol. The highest BCUT2D eigenvalue weighted by molar-refractivity contribution is 6.02. The van der Waals surface area contributed by atoms with E-state index in [9.17, 15) is 13.6 Å². The molecule has 0 radical (unpaired) electrons. The first kappa shape index (κ1) is 18.4. The normalized spacial score (nSPS) is 11.0. The maximum atomic E-state index is 12.6. The van der Waals surface area contributed by atoms with Crippen molar-refractivity contribution in [1.29, 1.82) is 0 Å². The molecule has 0 bridgehead atoms. The third kappa shape index (κ3) is 5.04. The maximum Gasteiger partial charge on any atom is 0.387 e. The number of carbonyl (C=O) groups is 1. The van der Waals surface area contributed by atoms with Crippen molar-refractivity contribution in [1.82, 2.24) is 0 Å². The molecule has 0 aliphatic carbocycles. The molecule has 132 valence electrons. The van der Waals surface area contributed by atoms with Gasteiger partial charge in [0, 0.05) is 17.3 Å². The van der Waals surface area contributed by atoms with Crippen LogP contribution in [0.4, 0.5) is 14.5 Å². The average molecular weight is 347 g/mol. The molecule has 6 heteroatoms. The smallest absolute Gasteiger partial charge is 0.387 e. The Labute approximate surface area is 145 Å². The largest absolute Gasteiger partial charge is 0.493 e. The highest BCUT2D eigenvalue weighted by atomic mass is 19.3. The molecule has 2 rings (SSSR count). The molecule has 0 aliphatic rings. The van der Waals surface area contributed by atoms with Crippen LogP contribution in [0.15, 0.2) is 42.5 Å². The Bertz CT molecular complexity index is 788. The molecule has 0 aromatic heterocycles. The van der Waals surface area contributed by atoms with Gasteiger partial charge in [-0.3, -0.25) is 4.79 Å². The summed E-state index contributed by atoms with van der Waals surface area (Å²) in [4.78, 5) is 12.1. The zero-order valence-corrected chi connectivity index (χ0v) is 14.2. The molecule has 1 N–H and O–H groups in total. The van der Waals surface area contributed by atoms with Gasteiger partial charge in [-0.1, -0.05) is 18.2 Å². The summed E-state index contributed by atoms with van der Waals surface area (Å²) in [5, 5.41) is 2.72. The minimum absolute atomic E-state index is 0.116. The first-order chi connectivity index (χ1) is 11.9. The van der Waals surface area contributed by atoms with Crippen molar-refractivity contribution >= 4 is 17.7 Å². The first-order valence-corrected chi connectivity index (χ1v) is 7.59. The number of hydrogen-bond donors (Lipinski definition) is 1. The van der Waals surface area contributed by atoms with E-state index in [1.807, 2.05) is 26.0 Å². The zero-order chi connectivity index (χ0) is 18.4. The van der Waals surface area contributed by atoms with Crippen LogP contribution in [0.3, 0.4) is 0 Å². The second-order valence-electron chi connectivity index (χ2n) is 5.38. The Morgan fingerprint density at radius 3 is 2.56 bits per heavy atom. The number of nitrogens with one attached hydrogen (secondary N) is 1. The number of amides is 1. The van der Waals surface area contributed by atoms with Gasteiger partial charge >= 0.3 is 6.61 Å². The molecule has 0 saturated carbocycles. The molecule has 2 aromatic carbocycles. The van der Waals surface area contributed by atoms with Crippen molar-refractivity contribution in [3.63, 3.8) is 0 Å². The van der Waals surface area contributed by atoms with E-state index >= 15 is 0 Å². The molecule has 4 nitrogen and oxygen atoms in total. The van der Waals surface area contributed by atoms with E-state index in [1.54, 1.807) is 18.2 Å². The predicted octanol–water partition coefficient (Wildman–Crippen LogP) is 4.57. The molecule has 2 aromatic rings. The maximum absolute atomic E-state index is 12.6. The second kappa shape index (κ2) is 8.28. The lowest BCUT2D eigenvalue weighted by atomic mass is 10.1. The van der Waals surface area contributed by atoms with Gasteiger partial charge in [-0.15, -0.1) is 0 Å². The Balaban J connectivity index is 2.17. The number of carbonyl (C=O) groups excluding carboxylic acids is 1. The lowest BCUT2D eigenvalue weighted by Gasteiger charge is -2.12. The number of rotatable bonds is 6. The number of ether oxygens (including phenoxy) is 2. The van der Waals surface area contributed by atoms with Crippen LogP contribution < -0.4 is 14.8 Å². The van der Waals surface area contributed by atoms with Crippen molar-refractivity contribution in [3.8, 4) is 11.5 Å². The number of hydrogen-bond acceptors (Lipinski definition) is 3. The molecule has 1 amide bonds.